The molecule has 3 aliphatic rings. The molecular formula is C25H35N9O2. The Labute approximate surface area is 210 Å². The first kappa shape index (κ1) is 23.2. The number of aromatic nitrogens is 5. The zero-order valence-corrected chi connectivity index (χ0v) is 20.8. The number of H-pyrrole nitrogens is 1. The van der Waals surface area contributed by atoms with Crippen LogP contribution in [0.25, 0.3) is 5.52 Å². The first-order valence-corrected chi connectivity index (χ1v) is 13.1. The molecule has 2 atom stereocenters. The number of carbonyl (C=O) groups is 1. The number of amides is 1. The highest BCUT2D eigenvalue weighted by Crippen LogP contribution is 2.39. The Morgan fingerprint density at radius 3 is 2.97 bits per heavy atom. The summed E-state index contributed by atoms with van der Waals surface area (Å²) in [5, 5.41) is 19.0. The quantitative estimate of drug-likeness (QED) is 0.416. The van der Waals surface area contributed by atoms with Crippen LogP contribution in [0.1, 0.15) is 50.1 Å². The number of fused-ring (bicyclic) bond motifs is 1. The zero-order valence-electron chi connectivity index (χ0n) is 20.8. The maximum atomic E-state index is 13.4. The molecule has 1 aliphatic carbocycles. The van der Waals surface area contributed by atoms with E-state index in [2.05, 4.69) is 31.8 Å². The number of ether oxygens (including phenoxy) is 1. The highest BCUT2D eigenvalue weighted by Gasteiger charge is 2.35. The van der Waals surface area contributed by atoms with E-state index in [1.54, 1.807) is 7.11 Å². The third-order valence-electron chi connectivity index (χ3n) is 7.52. The summed E-state index contributed by atoms with van der Waals surface area (Å²) in [7, 11) is 1.73. The third kappa shape index (κ3) is 4.90. The molecule has 6 rings (SSSR count). The van der Waals surface area contributed by atoms with E-state index < -0.39 is 0 Å². The predicted octanol–water partition coefficient (Wildman–Crippen LogP) is 2.27. The highest BCUT2D eigenvalue weighted by atomic mass is 16.5. The predicted molar refractivity (Wildman–Crippen MR) is 137 cm³/mol. The van der Waals surface area contributed by atoms with Crippen molar-refractivity contribution in [2.45, 2.75) is 56.5 Å². The number of likely N-dealkylation sites (tertiary alicyclic amines) is 1. The molecule has 2 saturated heterocycles. The van der Waals surface area contributed by atoms with Gasteiger partial charge in [0.05, 0.1) is 6.61 Å². The zero-order chi connectivity index (χ0) is 24.5. The fourth-order valence-corrected chi connectivity index (χ4v) is 5.43. The molecule has 3 aromatic heterocycles. The summed E-state index contributed by atoms with van der Waals surface area (Å²) in [6.45, 7) is 4.30. The van der Waals surface area contributed by atoms with E-state index >= 15 is 0 Å². The molecule has 3 N–H and O–H groups in total. The number of methoxy groups -OCH3 is 1. The molecule has 0 spiro atoms. The van der Waals surface area contributed by atoms with Crippen LogP contribution in [0.4, 0.5) is 17.6 Å². The standard InChI is InChI=1S/C25H35N9O2/c1-36-14-13-32-10-2-5-18(16-32)26-24(35)21-7-3-11-33(21)25-28-23(20-6-4-12-34(20)31-25)27-22-15-19(29-30-22)17-8-9-17/h4,6,12,15,17-18,21H,2-3,5,7-11,13-14,16H2,1H3,(H,26,35)(H2,27,28,29,30,31)/t18-,21+/m1/s1. The minimum Gasteiger partial charge on any atom is -0.383 e. The van der Waals surface area contributed by atoms with Crippen molar-refractivity contribution in [2.75, 3.05) is 50.1 Å². The molecule has 1 saturated carbocycles. The van der Waals surface area contributed by atoms with Crippen molar-refractivity contribution in [3.63, 3.8) is 0 Å². The van der Waals surface area contributed by atoms with E-state index in [-0.39, 0.29) is 18.0 Å². The fraction of sp³-hybridized carbons (Fsp3) is 0.600. The molecule has 192 valence electrons. The molecular weight excluding hydrogens is 458 g/mol. The topological polar surface area (TPSA) is 116 Å². The van der Waals surface area contributed by atoms with Crippen molar-refractivity contribution in [3.05, 3.63) is 30.1 Å². The first-order valence-electron chi connectivity index (χ1n) is 13.1. The molecule has 0 radical (unpaired) electrons. The molecule has 11 nitrogen and oxygen atoms in total. The maximum absolute atomic E-state index is 13.4. The number of rotatable bonds is 9. The number of anilines is 3. The Kier molecular flexibility index (Phi) is 6.49. The van der Waals surface area contributed by atoms with Gasteiger partial charge < -0.3 is 20.3 Å². The van der Waals surface area contributed by atoms with E-state index in [4.69, 9.17) is 14.8 Å². The third-order valence-corrected chi connectivity index (χ3v) is 7.52. The summed E-state index contributed by atoms with van der Waals surface area (Å²) in [6, 6.07) is 5.88. The number of hydrogen-bond donors (Lipinski definition) is 3. The lowest BCUT2D eigenvalue weighted by Gasteiger charge is -2.34. The Bertz CT molecular complexity index is 1200. The van der Waals surface area contributed by atoms with Crippen LogP contribution in [0.15, 0.2) is 24.4 Å². The smallest absolute Gasteiger partial charge is 0.246 e. The molecule has 36 heavy (non-hydrogen) atoms. The fourth-order valence-electron chi connectivity index (χ4n) is 5.43. The van der Waals surface area contributed by atoms with Crippen LogP contribution >= 0.6 is 0 Å². The Morgan fingerprint density at radius 2 is 2.11 bits per heavy atom. The molecule has 1 amide bonds. The van der Waals surface area contributed by atoms with Crippen molar-refractivity contribution in [1.82, 2.24) is 35.0 Å². The summed E-state index contributed by atoms with van der Waals surface area (Å²) in [4.78, 5) is 22.7. The number of aromatic amines is 1. The van der Waals surface area contributed by atoms with Gasteiger partial charge in [0.2, 0.25) is 11.9 Å². The van der Waals surface area contributed by atoms with E-state index in [1.165, 1.54) is 12.8 Å². The van der Waals surface area contributed by atoms with Gasteiger partial charge in [-0.2, -0.15) is 10.1 Å². The van der Waals surface area contributed by atoms with Gasteiger partial charge in [0.15, 0.2) is 11.6 Å². The van der Waals surface area contributed by atoms with Crippen LogP contribution in [0, 0.1) is 0 Å². The summed E-state index contributed by atoms with van der Waals surface area (Å²) < 4.78 is 7.05. The van der Waals surface area contributed by atoms with Crippen molar-refractivity contribution >= 4 is 29.0 Å². The van der Waals surface area contributed by atoms with Gasteiger partial charge in [-0.15, -0.1) is 5.10 Å². The number of hydrogen-bond acceptors (Lipinski definition) is 8. The van der Waals surface area contributed by atoms with Crippen molar-refractivity contribution in [2.24, 2.45) is 0 Å². The van der Waals surface area contributed by atoms with Crippen LogP contribution in [0.5, 0.6) is 0 Å². The molecule has 3 fully saturated rings. The van der Waals surface area contributed by atoms with Crippen LogP contribution < -0.4 is 15.5 Å². The normalized spacial score (nSPS) is 22.9. The Morgan fingerprint density at radius 1 is 1.22 bits per heavy atom. The van der Waals surface area contributed by atoms with Gasteiger partial charge in [-0.25, -0.2) is 4.52 Å². The average molecular weight is 494 g/mol. The van der Waals surface area contributed by atoms with E-state index in [9.17, 15) is 4.79 Å². The second-order valence-electron chi connectivity index (χ2n) is 10.2. The highest BCUT2D eigenvalue weighted by molar-refractivity contribution is 5.86. The van der Waals surface area contributed by atoms with Crippen LogP contribution in [0.2, 0.25) is 0 Å². The largest absolute Gasteiger partial charge is 0.383 e. The molecule has 0 unspecified atom stereocenters. The van der Waals surface area contributed by atoms with Gasteiger partial charge in [0.25, 0.3) is 0 Å². The summed E-state index contributed by atoms with van der Waals surface area (Å²) in [6.07, 6.45) is 8.16. The summed E-state index contributed by atoms with van der Waals surface area (Å²) >= 11 is 0. The van der Waals surface area contributed by atoms with Crippen LogP contribution in [-0.4, -0.2) is 87.6 Å². The summed E-state index contributed by atoms with van der Waals surface area (Å²) in [5.41, 5.74) is 2.03. The number of carbonyl (C=O) groups excluding carboxylic acids is 1. The van der Waals surface area contributed by atoms with Gasteiger partial charge in [-0.3, -0.25) is 14.8 Å². The van der Waals surface area contributed by atoms with Gasteiger partial charge in [0.1, 0.15) is 11.6 Å². The number of piperidine rings is 1. The van der Waals surface area contributed by atoms with Crippen molar-refractivity contribution < 1.29 is 9.53 Å². The second kappa shape index (κ2) is 10.1. The SMILES string of the molecule is COCCN1CCC[C@@H](NC(=O)[C@@H]2CCCN2c2nc(Nc3cc(C4CC4)[nH]n3)c3cccn3n2)C1. The van der Waals surface area contributed by atoms with E-state index in [1.807, 2.05) is 27.7 Å². The Hall–Kier alpha value is -3.18. The van der Waals surface area contributed by atoms with Gasteiger partial charge in [-0.05, 0) is 57.2 Å². The molecule has 5 heterocycles. The second-order valence-corrected chi connectivity index (χ2v) is 10.2. The van der Waals surface area contributed by atoms with Crippen molar-refractivity contribution in [1.29, 1.82) is 0 Å². The number of nitrogens with one attached hydrogen (secondary N) is 3. The molecule has 0 aromatic carbocycles. The molecule has 3 aromatic rings. The van der Waals surface area contributed by atoms with Gasteiger partial charge >= 0.3 is 0 Å². The minimum atomic E-state index is -0.271. The monoisotopic (exact) mass is 493 g/mol. The van der Waals surface area contributed by atoms with Crippen LogP contribution in [-0.2, 0) is 9.53 Å². The van der Waals surface area contributed by atoms with Gasteiger partial charge in [-0.1, -0.05) is 0 Å². The minimum absolute atomic E-state index is 0.0678. The van der Waals surface area contributed by atoms with E-state index in [0.29, 0.717) is 24.3 Å². The van der Waals surface area contributed by atoms with Crippen molar-refractivity contribution in [3.8, 4) is 0 Å². The molecule has 2 aliphatic heterocycles. The first-order chi connectivity index (χ1) is 17.7. The Balaban J connectivity index is 1.18. The molecule has 11 heteroatoms. The lowest BCUT2D eigenvalue weighted by molar-refractivity contribution is -0.123. The average Bonchev–Trinajstić information content (AvgIpc) is 3.26. The van der Waals surface area contributed by atoms with Gasteiger partial charge in [0, 0.05) is 56.7 Å². The lowest BCUT2D eigenvalue weighted by Crippen LogP contribution is -2.53. The number of nitrogens with zero attached hydrogens (tertiary/aromatic N) is 6. The van der Waals surface area contributed by atoms with E-state index in [0.717, 1.165) is 68.9 Å². The maximum Gasteiger partial charge on any atom is 0.246 e. The summed E-state index contributed by atoms with van der Waals surface area (Å²) in [5.74, 6) is 2.66. The van der Waals surface area contributed by atoms with Crippen LogP contribution in [0.3, 0.4) is 0 Å². The lowest BCUT2D eigenvalue weighted by atomic mass is 10.0. The molecule has 0 bridgehead atoms.